The van der Waals surface area contributed by atoms with Crippen molar-refractivity contribution in [2.75, 3.05) is 7.11 Å². The summed E-state index contributed by atoms with van der Waals surface area (Å²) in [5.41, 5.74) is 0.947. The molecule has 1 amide bonds. The van der Waals surface area contributed by atoms with E-state index in [4.69, 9.17) is 4.74 Å². The zero-order valence-electron chi connectivity index (χ0n) is 14.6. The van der Waals surface area contributed by atoms with E-state index in [1.54, 1.807) is 13.3 Å². The molecule has 5 saturated carbocycles. The first kappa shape index (κ1) is 15.6. The topological polar surface area (TPSA) is 84.3 Å². The van der Waals surface area contributed by atoms with E-state index < -0.39 is 5.60 Å². The molecule has 6 nitrogen and oxygen atoms in total. The summed E-state index contributed by atoms with van der Waals surface area (Å²) in [6.07, 6.45) is 8.65. The first-order chi connectivity index (χ1) is 12.0. The second kappa shape index (κ2) is 5.40. The van der Waals surface area contributed by atoms with Gasteiger partial charge in [-0.1, -0.05) is 0 Å². The molecule has 5 fully saturated rings. The van der Waals surface area contributed by atoms with Crippen molar-refractivity contribution in [1.82, 2.24) is 15.3 Å². The van der Waals surface area contributed by atoms with Crippen LogP contribution in [-0.2, 0) is 0 Å². The number of rotatable bonds is 4. The molecule has 5 aliphatic rings. The Morgan fingerprint density at radius 2 is 2.00 bits per heavy atom. The third-order valence-corrected chi connectivity index (χ3v) is 6.73. The Hall–Kier alpha value is -1.69. The number of ether oxygens (including phenoxy) is 1. The highest BCUT2D eigenvalue weighted by Crippen LogP contribution is 2.55. The van der Waals surface area contributed by atoms with Crippen LogP contribution in [0.4, 0.5) is 0 Å². The molecule has 6 heteroatoms. The van der Waals surface area contributed by atoms with Crippen LogP contribution in [0.1, 0.15) is 66.9 Å². The third-order valence-electron chi connectivity index (χ3n) is 6.73. The number of carbonyl (C=O) groups excluding carboxylic acids is 1. The number of hydrogen-bond donors (Lipinski definition) is 2. The molecule has 2 unspecified atom stereocenters. The molecule has 6 rings (SSSR count). The van der Waals surface area contributed by atoms with Gasteiger partial charge in [-0.25, -0.2) is 4.98 Å². The Morgan fingerprint density at radius 3 is 2.60 bits per heavy atom. The Kier molecular flexibility index (Phi) is 3.36. The number of nitrogens with one attached hydrogen (secondary N) is 1. The van der Waals surface area contributed by atoms with E-state index in [1.807, 2.05) is 0 Å². The summed E-state index contributed by atoms with van der Waals surface area (Å²) in [6.45, 7) is 0. The number of carbonyl (C=O) groups is 1. The lowest BCUT2D eigenvalue weighted by Gasteiger charge is -2.58. The minimum Gasteiger partial charge on any atom is -0.467 e. The van der Waals surface area contributed by atoms with Gasteiger partial charge in [0, 0.05) is 18.2 Å². The van der Waals surface area contributed by atoms with Crippen molar-refractivity contribution in [2.45, 2.75) is 62.5 Å². The fraction of sp³-hybridized carbons (Fsp3) is 0.737. The molecule has 0 radical (unpaired) electrons. The third kappa shape index (κ3) is 2.62. The van der Waals surface area contributed by atoms with Crippen molar-refractivity contribution in [2.24, 2.45) is 17.8 Å². The van der Waals surface area contributed by atoms with Gasteiger partial charge < -0.3 is 15.2 Å². The van der Waals surface area contributed by atoms with Crippen molar-refractivity contribution >= 4 is 5.91 Å². The van der Waals surface area contributed by atoms with Crippen LogP contribution in [0.25, 0.3) is 0 Å². The summed E-state index contributed by atoms with van der Waals surface area (Å²) in [7, 11) is 1.55. The molecule has 1 heterocycles. The molecule has 0 aromatic carbocycles. The molecule has 2 atom stereocenters. The second-order valence-corrected chi connectivity index (χ2v) is 8.62. The number of hydrogen-bond acceptors (Lipinski definition) is 5. The molecule has 25 heavy (non-hydrogen) atoms. The lowest BCUT2D eigenvalue weighted by atomic mass is 9.52. The molecule has 0 spiro atoms. The lowest BCUT2D eigenvalue weighted by molar-refractivity contribution is -0.136. The Morgan fingerprint density at radius 1 is 1.28 bits per heavy atom. The van der Waals surface area contributed by atoms with Crippen LogP contribution in [0.2, 0.25) is 0 Å². The second-order valence-electron chi connectivity index (χ2n) is 8.62. The van der Waals surface area contributed by atoms with E-state index in [2.05, 4.69) is 15.3 Å². The number of amides is 1. The molecule has 1 aromatic rings. The van der Waals surface area contributed by atoms with Gasteiger partial charge in [-0.15, -0.1) is 0 Å². The van der Waals surface area contributed by atoms with Crippen LogP contribution in [-0.4, -0.2) is 39.7 Å². The van der Waals surface area contributed by atoms with Crippen LogP contribution in [0, 0.1) is 17.8 Å². The summed E-state index contributed by atoms with van der Waals surface area (Å²) >= 11 is 0. The quantitative estimate of drug-likeness (QED) is 0.874. The van der Waals surface area contributed by atoms with Crippen LogP contribution in [0.3, 0.4) is 0 Å². The Bertz CT molecular complexity index is 702. The van der Waals surface area contributed by atoms with Gasteiger partial charge in [0.05, 0.1) is 24.0 Å². The number of nitrogens with zero attached hydrogens (tertiary/aromatic N) is 2. The maximum Gasteiger partial charge on any atom is 0.316 e. The number of aromatic nitrogens is 2. The van der Waals surface area contributed by atoms with Crippen LogP contribution >= 0.6 is 0 Å². The Labute approximate surface area is 147 Å². The predicted octanol–water partition coefficient (Wildman–Crippen LogP) is 2.03. The van der Waals surface area contributed by atoms with E-state index in [0.717, 1.165) is 50.6 Å². The van der Waals surface area contributed by atoms with Gasteiger partial charge in [0.1, 0.15) is 0 Å². The van der Waals surface area contributed by atoms with Gasteiger partial charge in [-0.05, 0) is 62.7 Å². The van der Waals surface area contributed by atoms with E-state index in [-0.39, 0.29) is 11.9 Å². The molecule has 0 aliphatic heterocycles. The van der Waals surface area contributed by atoms with E-state index in [0.29, 0.717) is 35.2 Å². The van der Waals surface area contributed by atoms with Crippen molar-refractivity contribution in [3.05, 3.63) is 17.5 Å². The number of aliphatic hydroxyl groups is 1. The summed E-state index contributed by atoms with van der Waals surface area (Å²) in [4.78, 5) is 21.6. The summed E-state index contributed by atoms with van der Waals surface area (Å²) in [5.74, 6) is 1.75. The fourth-order valence-corrected chi connectivity index (χ4v) is 5.77. The zero-order chi connectivity index (χ0) is 17.2. The van der Waals surface area contributed by atoms with Gasteiger partial charge in [-0.3, -0.25) is 4.79 Å². The molecule has 4 bridgehead atoms. The molecule has 0 saturated heterocycles. The van der Waals surface area contributed by atoms with Crippen molar-refractivity contribution in [3.8, 4) is 6.01 Å². The Balaban J connectivity index is 1.38. The van der Waals surface area contributed by atoms with Crippen molar-refractivity contribution < 1.29 is 14.6 Å². The predicted molar refractivity (Wildman–Crippen MR) is 90.3 cm³/mol. The van der Waals surface area contributed by atoms with Gasteiger partial charge >= 0.3 is 6.01 Å². The normalized spacial score (nSPS) is 38.6. The monoisotopic (exact) mass is 343 g/mol. The van der Waals surface area contributed by atoms with Crippen LogP contribution in [0.15, 0.2) is 6.20 Å². The average Bonchev–Trinajstić information content (AvgIpc) is 3.41. The minimum absolute atomic E-state index is 0.0611. The highest BCUT2D eigenvalue weighted by molar-refractivity contribution is 5.95. The van der Waals surface area contributed by atoms with Gasteiger partial charge in [0.25, 0.3) is 5.91 Å². The van der Waals surface area contributed by atoms with E-state index in [9.17, 15) is 9.90 Å². The summed E-state index contributed by atoms with van der Waals surface area (Å²) in [5, 5.41) is 14.0. The molecule has 5 aliphatic carbocycles. The molecular formula is C19H25N3O3. The first-order valence-electron chi connectivity index (χ1n) is 9.49. The summed E-state index contributed by atoms with van der Waals surface area (Å²) in [6, 6.07) is 0.508. The van der Waals surface area contributed by atoms with E-state index >= 15 is 0 Å². The molecule has 2 N–H and O–H groups in total. The maximum atomic E-state index is 13.0. The zero-order valence-corrected chi connectivity index (χ0v) is 14.6. The van der Waals surface area contributed by atoms with E-state index in [1.165, 1.54) is 0 Å². The maximum absolute atomic E-state index is 13.0. The lowest BCUT2D eigenvalue weighted by Crippen LogP contribution is -2.61. The van der Waals surface area contributed by atoms with Gasteiger partial charge in [-0.2, -0.15) is 4.98 Å². The van der Waals surface area contributed by atoms with Crippen molar-refractivity contribution in [3.63, 3.8) is 0 Å². The highest BCUT2D eigenvalue weighted by atomic mass is 16.5. The molecule has 1 aromatic heterocycles. The fourth-order valence-electron chi connectivity index (χ4n) is 5.77. The smallest absolute Gasteiger partial charge is 0.316 e. The SMILES string of the molecule is COc1ncc(C(=O)NC2C3CC4CC2CC(O)(C4)C3)c(C2CC2)n1. The van der Waals surface area contributed by atoms with Crippen LogP contribution in [0.5, 0.6) is 6.01 Å². The van der Waals surface area contributed by atoms with Crippen molar-refractivity contribution in [1.29, 1.82) is 0 Å². The highest BCUT2D eigenvalue weighted by Gasteiger charge is 2.55. The summed E-state index contributed by atoms with van der Waals surface area (Å²) < 4.78 is 5.12. The minimum atomic E-state index is -0.472. The molecular weight excluding hydrogens is 318 g/mol. The van der Waals surface area contributed by atoms with Crippen LogP contribution < -0.4 is 10.1 Å². The standard InChI is InChI=1S/C19H25N3O3/c1-25-18-20-9-14(16(22-18)11-2-3-11)17(23)21-15-12-4-10-5-13(15)8-19(24,6-10)7-12/h9-13,15,24H,2-8H2,1H3,(H,21,23). The largest absolute Gasteiger partial charge is 0.467 e. The van der Waals surface area contributed by atoms with Gasteiger partial charge in [0.15, 0.2) is 0 Å². The average molecular weight is 343 g/mol. The van der Waals surface area contributed by atoms with Gasteiger partial charge in [0.2, 0.25) is 0 Å². The first-order valence-corrected chi connectivity index (χ1v) is 9.49. The molecule has 134 valence electrons. The number of methoxy groups -OCH3 is 1.